The van der Waals surface area contributed by atoms with Crippen LogP contribution in [0.4, 0.5) is 0 Å². The van der Waals surface area contributed by atoms with E-state index in [4.69, 9.17) is 4.74 Å². The van der Waals surface area contributed by atoms with Crippen molar-refractivity contribution in [1.29, 1.82) is 0 Å². The fourth-order valence-electron chi connectivity index (χ4n) is 9.74. The topological polar surface area (TPSA) is 43.4 Å². The highest BCUT2D eigenvalue weighted by Crippen LogP contribution is 2.82. The zero-order valence-electron chi connectivity index (χ0n) is 16.5. The molecule has 0 amide bonds. The first-order valence-electron chi connectivity index (χ1n) is 11.4. The maximum absolute atomic E-state index is 12.2. The molecule has 1 aliphatic heterocycles. The quantitative estimate of drug-likeness (QED) is 0.600. The second-order valence-electron chi connectivity index (χ2n) is 11.5. The van der Waals surface area contributed by atoms with Crippen molar-refractivity contribution in [2.45, 2.75) is 70.8 Å². The van der Waals surface area contributed by atoms with Crippen LogP contribution in [0.5, 0.6) is 0 Å². The fourth-order valence-corrected chi connectivity index (χ4v) is 9.74. The first-order valence-corrected chi connectivity index (χ1v) is 11.4. The first-order chi connectivity index (χ1) is 12.9. The molecule has 5 saturated carbocycles. The van der Waals surface area contributed by atoms with Gasteiger partial charge in [0.25, 0.3) is 0 Å². The molecule has 3 heteroatoms. The van der Waals surface area contributed by atoms with E-state index in [2.05, 4.69) is 19.9 Å². The van der Waals surface area contributed by atoms with Gasteiger partial charge in [0, 0.05) is 24.2 Å². The van der Waals surface area contributed by atoms with E-state index >= 15 is 0 Å². The van der Waals surface area contributed by atoms with E-state index in [1.165, 1.54) is 31.3 Å². The third-order valence-corrected chi connectivity index (χ3v) is 10.9. The van der Waals surface area contributed by atoms with Gasteiger partial charge in [0.05, 0.1) is 0 Å². The summed E-state index contributed by atoms with van der Waals surface area (Å²) < 4.78 is 6.22. The third kappa shape index (κ3) is 1.58. The molecule has 0 N–H and O–H groups in total. The van der Waals surface area contributed by atoms with Crippen molar-refractivity contribution in [2.24, 2.45) is 52.3 Å². The Morgan fingerprint density at radius 2 is 1.85 bits per heavy atom. The summed E-state index contributed by atoms with van der Waals surface area (Å²) in [5, 5.41) is 0. The summed E-state index contributed by atoms with van der Waals surface area (Å²) in [4.78, 5) is 24.3. The van der Waals surface area contributed by atoms with Crippen LogP contribution in [0.2, 0.25) is 0 Å². The smallest absolute Gasteiger partial charge is 0.306 e. The average molecular weight is 367 g/mol. The molecule has 1 spiro atoms. The molecule has 0 bridgehead atoms. The molecule has 1 saturated heterocycles. The monoisotopic (exact) mass is 366 g/mol. The van der Waals surface area contributed by atoms with Gasteiger partial charge in [-0.15, -0.1) is 0 Å². The van der Waals surface area contributed by atoms with E-state index in [9.17, 15) is 9.59 Å². The molecule has 10 atom stereocenters. The van der Waals surface area contributed by atoms with Gasteiger partial charge in [-0.2, -0.15) is 0 Å². The minimum atomic E-state index is -0.131. The van der Waals surface area contributed by atoms with Crippen LogP contribution in [-0.2, 0) is 14.3 Å². The minimum Gasteiger partial charge on any atom is -0.458 e. The van der Waals surface area contributed by atoms with Crippen LogP contribution in [0.1, 0.15) is 65.2 Å². The molecule has 6 fully saturated rings. The SMILES string of the molecule is C[C@]12CCC(=O)C=C1[C@@H]1C[C@@H]1[C@H]1[C@@H]3[C@H]4C[C@H]4[C@@]4(CCC(=O)O4)[C@@]3(C)CC[C@@H]12. The standard InChI is InChI=1S/C24H30O3/c1-22-6-3-12(25)9-17(22)13-10-14(13)20-16(22)4-7-23(2)21(20)15-11-18(15)24(23)8-5-19(26)27-24/h9,13-16,18,20-21H,3-8,10-11H2,1-2H3/t13-,14+,15+,16+,18-,20-,21+,22-,23+,24+/m1/s1. The number of hydrogen-bond donors (Lipinski definition) is 0. The summed E-state index contributed by atoms with van der Waals surface area (Å²) in [7, 11) is 0. The van der Waals surface area contributed by atoms with Gasteiger partial charge >= 0.3 is 5.97 Å². The molecule has 6 aliphatic carbocycles. The van der Waals surface area contributed by atoms with Crippen molar-refractivity contribution in [1.82, 2.24) is 0 Å². The molecule has 0 radical (unpaired) electrons. The highest BCUT2D eigenvalue weighted by Gasteiger charge is 2.81. The van der Waals surface area contributed by atoms with Crippen LogP contribution >= 0.6 is 0 Å². The van der Waals surface area contributed by atoms with E-state index in [0.717, 1.165) is 48.9 Å². The largest absolute Gasteiger partial charge is 0.458 e. The number of esters is 1. The molecule has 7 aliphatic rings. The molecule has 3 nitrogen and oxygen atoms in total. The van der Waals surface area contributed by atoms with Crippen LogP contribution in [0.25, 0.3) is 0 Å². The van der Waals surface area contributed by atoms with Crippen molar-refractivity contribution < 1.29 is 14.3 Å². The van der Waals surface area contributed by atoms with E-state index in [1.807, 2.05) is 0 Å². The minimum absolute atomic E-state index is 0.0561. The van der Waals surface area contributed by atoms with Crippen LogP contribution in [-0.4, -0.2) is 17.4 Å². The Bertz CT molecular complexity index is 827. The Morgan fingerprint density at radius 1 is 1.00 bits per heavy atom. The number of hydrogen-bond acceptors (Lipinski definition) is 3. The Balaban J connectivity index is 1.33. The summed E-state index contributed by atoms with van der Waals surface area (Å²) in [6.07, 6.45) is 10.6. The molecule has 144 valence electrons. The average Bonchev–Trinajstić information content (AvgIpc) is 3.53. The molecule has 0 aromatic heterocycles. The normalized spacial score (nSPS) is 62.0. The summed E-state index contributed by atoms with van der Waals surface area (Å²) in [6, 6.07) is 0. The van der Waals surface area contributed by atoms with Gasteiger partial charge in [0.15, 0.2) is 5.78 Å². The van der Waals surface area contributed by atoms with Gasteiger partial charge in [-0.3, -0.25) is 9.59 Å². The van der Waals surface area contributed by atoms with E-state index in [1.54, 1.807) is 0 Å². The zero-order chi connectivity index (χ0) is 18.3. The first kappa shape index (κ1) is 15.8. The number of carbonyl (C=O) groups excluding carboxylic acids is 2. The highest BCUT2D eigenvalue weighted by molar-refractivity contribution is 5.92. The summed E-state index contributed by atoms with van der Waals surface area (Å²) in [6.45, 7) is 4.99. The molecule has 0 aromatic rings. The highest BCUT2D eigenvalue weighted by atomic mass is 16.6. The number of allylic oxidation sites excluding steroid dienone is 1. The Labute approximate surface area is 161 Å². The number of carbonyl (C=O) groups is 2. The van der Waals surface area contributed by atoms with Gasteiger partial charge in [-0.05, 0) is 85.5 Å². The van der Waals surface area contributed by atoms with Crippen molar-refractivity contribution in [3.63, 3.8) is 0 Å². The van der Waals surface area contributed by atoms with E-state index in [-0.39, 0.29) is 22.4 Å². The number of ether oxygens (including phenoxy) is 1. The van der Waals surface area contributed by atoms with Crippen molar-refractivity contribution in [2.75, 3.05) is 0 Å². The third-order valence-electron chi connectivity index (χ3n) is 10.9. The fraction of sp³-hybridized carbons (Fsp3) is 0.833. The molecule has 1 heterocycles. The zero-order valence-corrected chi connectivity index (χ0v) is 16.5. The van der Waals surface area contributed by atoms with Gasteiger partial charge < -0.3 is 4.74 Å². The van der Waals surface area contributed by atoms with Gasteiger partial charge in [-0.25, -0.2) is 0 Å². The van der Waals surface area contributed by atoms with E-state index < -0.39 is 0 Å². The Kier molecular flexibility index (Phi) is 2.56. The van der Waals surface area contributed by atoms with Crippen molar-refractivity contribution in [3.8, 4) is 0 Å². The number of rotatable bonds is 0. The Morgan fingerprint density at radius 3 is 2.63 bits per heavy atom. The molecule has 0 aromatic carbocycles. The maximum Gasteiger partial charge on any atom is 0.306 e. The molecular formula is C24H30O3. The summed E-state index contributed by atoms with van der Waals surface area (Å²) in [5.41, 5.74) is 1.85. The van der Waals surface area contributed by atoms with E-state index in [0.29, 0.717) is 24.0 Å². The lowest BCUT2D eigenvalue weighted by Crippen LogP contribution is -2.57. The second kappa shape index (κ2) is 4.39. The van der Waals surface area contributed by atoms with Crippen LogP contribution in [0, 0.1) is 52.3 Å². The van der Waals surface area contributed by atoms with Gasteiger partial charge in [0.2, 0.25) is 0 Å². The van der Waals surface area contributed by atoms with Crippen molar-refractivity contribution in [3.05, 3.63) is 11.6 Å². The number of ketones is 1. The maximum atomic E-state index is 12.2. The predicted molar refractivity (Wildman–Crippen MR) is 99.5 cm³/mol. The van der Waals surface area contributed by atoms with Crippen LogP contribution in [0.15, 0.2) is 11.6 Å². The summed E-state index contributed by atoms with van der Waals surface area (Å²) in [5.74, 6) is 5.65. The molecule has 7 rings (SSSR count). The lowest BCUT2D eigenvalue weighted by atomic mass is 9.45. The predicted octanol–water partition coefficient (Wildman–Crippen LogP) is 4.31. The molecule has 0 unspecified atom stereocenters. The van der Waals surface area contributed by atoms with Gasteiger partial charge in [-0.1, -0.05) is 19.4 Å². The molecule has 27 heavy (non-hydrogen) atoms. The Hall–Kier alpha value is -1.12. The lowest BCUT2D eigenvalue weighted by Gasteiger charge is -2.60. The summed E-state index contributed by atoms with van der Waals surface area (Å²) >= 11 is 0. The lowest BCUT2D eigenvalue weighted by molar-refractivity contribution is -0.177. The van der Waals surface area contributed by atoms with Crippen LogP contribution in [0.3, 0.4) is 0 Å². The van der Waals surface area contributed by atoms with Crippen LogP contribution < -0.4 is 0 Å². The van der Waals surface area contributed by atoms with Gasteiger partial charge in [0.1, 0.15) is 5.60 Å². The molecular weight excluding hydrogens is 336 g/mol. The second-order valence-corrected chi connectivity index (χ2v) is 11.5. The number of fused-ring (bicyclic) bond motifs is 12. The van der Waals surface area contributed by atoms with Crippen molar-refractivity contribution >= 4 is 11.8 Å².